The minimum absolute atomic E-state index is 0.0265. The first-order valence-corrected chi connectivity index (χ1v) is 7.72. The van der Waals surface area contributed by atoms with E-state index in [0.29, 0.717) is 5.56 Å². The van der Waals surface area contributed by atoms with Gasteiger partial charge < -0.3 is 5.32 Å². The van der Waals surface area contributed by atoms with Crippen LogP contribution in [0.3, 0.4) is 0 Å². The molecule has 0 fully saturated rings. The Balaban J connectivity index is 2.15. The molecule has 2 aromatic rings. The maximum absolute atomic E-state index is 12.3. The minimum atomic E-state index is -0.0471. The van der Waals surface area contributed by atoms with E-state index in [1.165, 1.54) is 9.75 Å². The first-order chi connectivity index (χ1) is 8.99. The number of aryl methyl sites for hydroxylation is 2. The van der Waals surface area contributed by atoms with Crippen LogP contribution >= 0.6 is 27.3 Å². The van der Waals surface area contributed by atoms with E-state index in [0.717, 1.165) is 10.0 Å². The summed E-state index contributed by atoms with van der Waals surface area (Å²) in [5.41, 5.74) is 1.74. The van der Waals surface area contributed by atoms with Gasteiger partial charge in [0, 0.05) is 14.2 Å². The van der Waals surface area contributed by atoms with Gasteiger partial charge in [0.1, 0.15) is 0 Å². The fourth-order valence-electron chi connectivity index (χ4n) is 1.85. The number of hydrogen-bond acceptors (Lipinski definition) is 2. The summed E-state index contributed by atoms with van der Waals surface area (Å²) in [6.07, 6.45) is 0. The number of amides is 1. The van der Waals surface area contributed by atoms with Crippen LogP contribution in [-0.2, 0) is 0 Å². The number of thiophene rings is 1. The fourth-order valence-corrected chi connectivity index (χ4v) is 3.18. The van der Waals surface area contributed by atoms with Gasteiger partial charge in [0.25, 0.3) is 5.91 Å². The van der Waals surface area contributed by atoms with Crippen molar-refractivity contribution < 1.29 is 4.79 Å². The molecule has 1 aromatic carbocycles. The zero-order chi connectivity index (χ0) is 14.0. The first-order valence-electron chi connectivity index (χ1n) is 6.11. The molecule has 0 spiro atoms. The van der Waals surface area contributed by atoms with Crippen molar-refractivity contribution in [2.75, 3.05) is 0 Å². The van der Waals surface area contributed by atoms with Gasteiger partial charge in [-0.15, -0.1) is 11.3 Å². The van der Waals surface area contributed by atoms with Crippen LogP contribution in [0.2, 0.25) is 0 Å². The Bertz CT molecular complexity index is 606. The van der Waals surface area contributed by atoms with E-state index >= 15 is 0 Å². The smallest absolute Gasteiger partial charge is 0.252 e. The molecule has 0 aliphatic rings. The van der Waals surface area contributed by atoms with Crippen molar-refractivity contribution in [3.63, 3.8) is 0 Å². The van der Waals surface area contributed by atoms with Crippen molar-refractivity contribution in [2.24, 2.45) is 0 Å². The second kappa shape index (κ2) is 5.88. The molecule has 1 N–H and O–H groups in total. The number of rotatable bonds is 3. The van der Waals surface area contributed by atoms with Crippen LogP contribution in [0.1, 0.15) is 38.6 Å². The molecule has 4 heteroatoms. The molecule has 1 unspecified atom stereocenters. The van der Waals surface area contributed by atoms with Gasteiger partial charge in [-0.3, -0.25) is 4.79 Å². The van der Waals surface area contributed by atoms with Crippen LogP contribution in [0.5, 0.6) is 0 Å². The maximum atomic E-state index is 12.3. The lowest BCUT2D eigenvalue weighted by molar-refractivity contribution is 0.0939. The number of carbonyl (C=O) groups excluding carboxylic acids is 1. The molecule has 0 bridgehead atoms. The average molecular weight is 338 g/mol. The average Bonchev–Trinajstić information content (AvgIpc) is 2.79. The van der Waals surface area contributed by atoms with E-state index < -0.39 is 0 Å². The van der Waals surface area contributed by atoms with Crippen LogP contribution in [-0.4, -0.2) is 5.91 Å². The highest BCUT2D eigenvalue weighted by Gasteiger charge is 2.15. The van der Waals surface area contributed by atoms with Crippen LogP contribution in [0, 0.1) is 13.8 Å². The summed E-state index contributed by atoms with van der Waals surface area (Å²) >= 11 is 5.19. The Morgan fingerprint density at radius 2 is 2.00 bits per heavy atom. The summed E-state index contributed by atoms with van der Waals surface area (Å²) < 4.78 is 0.863. The zero-order valence-corrected chi connectivity index (χ0v) is 13.6. The number of benzene rings is 1. The topological polar surface area (TPSA) is 29.1 Å². The number of carbonyl (C=O) groups is 1. The van der Waals surface area contributed by atoms with E-state index in [1.54, 1.807) is 11.3 Å². The number of nitrogens with one attached hydrogen (secondary N) is 1. The van der Waals surface area contributed by atoms with E-state index in [4.69, 9.17) is 0 Å². The van der Waals surface area contributed by atoms with Crippen molar-refractivity contribution in [3.8, 4) is 0 Å². The molecule has 0 saturated carbocycles. The Labute approximate surface area is 126 Å². The molecule has 0 aliphatic carbocycles. The monoisotopic (exact) mass is 337 g/mol. The van der Waals surface area contributed by atoms with Crippen molar-refractivity contribution in [1.29, 1.82) is 0 Å². The zero-order valence-electron chi connectivity index (χ0n) is 11.2. The lowest BCUT2D eigenvalue weighted by Gasteiger charge is -2.13. The molecule has 2 rings (SSSR count). The highest BCUT2D eigenvalue weighted by atomic mass is 79.9. The second-order valence-corrected chi connectivity index (χ2v) is 6.69. The van der Waals surface area contributed by atoms with Gasteiger partial charge in [0.05, 0.1) is 11.6 Å². The Hall–Kier alpha value is -1.13. The molecule has 1 atom stereocenters. The van der Waals surface area contributed by atoms with Gasteiger partial charge in [-0.2, -0.15) is 0 Å². The predicted octanol–water partition coefficient (Wildman–Crippen LogP) is 4.62. The van der Waals surface area contributed by atoms with E-state index in [-0.39, 0.29) is 11.9 Å². The SMILES string of the molecule is Cc1ccc(C(C)NC(=O)c2cccc(C)c2Br)s1. The third kappa shape index (κ3) is 3.25. The molecule has 0 aliphatic heterocycles. The summed E-state index contributed by atoms with van der Waals surface area (Å²) in [5, 5.41) is 3.04. The summed E-state index contributed by atoms with van der Waals surface area (Å²) in [6, 6.07) is 9.88. The van der Waals surface area contributed by atoms with Gasteiger partial charge in [0.2, 0.25) is 0 Å². The standard InChI is InChI=1S/C15H16BrNOS/c1-9-5-4-6-12(14(9)16)15(18)17-11(3)13-8-7-10(2)19-13/h4-8,11H,1-3H3,(H,17,18). The molecule has 19 heavy (non-hydrogen) atoms. The lowest BCUT2D eigenvalue weighted by atomic mass is 10.1. The third-order valence-corrected chi connectivity index (χ3v) is 5.21. The third-order valence-electron chi connectivity index (χ3n) is 2.97. The highest BCUT2D eigenvalue weighted by molar-refractivity contribution is 9.10. The summed E-state index contributed by atoms with van der Waals surface area (Å²) in [4.78, 5) is 14.7. The van der Waals surface area contributed by atoms with Crippen molar-refractivity contribution in [3.05, 3.63) is 55.7 Å². The van der Waals surface area contributed by atoms with Crippen LogP contribution in [0.25, 0.3) is 0 Å². The summed E-state index contributed by atoms with van der Waals surface area (Å²) in [5.74, 6) is -0.0471. The summed E-state index contributed by atoms with van der Waals surface area (Å²) in [7, 11) is 0. The van der Waals surface area contributed by atoms with Crippen LogP contribution in [0.4, 0.5) is 0 Å². The molecular formula is C15H16BrNOS. The Morgan fingerprint density at radius 1 is 1.26 bits per heavy atom. The number of halogens is 1. The van der Waals surface area contributed by atoms with Gasteiger partial charge in [-0.05, 0) is 60.5 Å². The van der Waals surface area contributed by atoms with Crippen LogP contribution < -0.4 is 5.32 Å². The Kier molecular flexibility index (Phi) is 4.42. The molecule has 1 aromatic heterocycles. The van der Waals surface area contributed by atoms with Crippen LogP contribution in [0.15, 0.2) is 34.8 Å². The predicted molar refractivity (Wildman–Crippen MR) is 83.8 cm³/mol. The Morgan fingerprint density at radius 3 is 2.63 bits per heavy atom. The largest absolute Gasteiger partial charge is 0.345 e. The minimum Gasteiger partial charge on any atom is -0.345 e. The van der Waals surface area contributed by atoms with Gasteiger partial charge in [0.15, 0.2) is 0 Å². The fraction of sp³-hybridized carbons (Fsp3) is 0.267. The van der Waals surface area contributed by atoms with Crippen molar-refractivity contribution >= 4 is 33.2 Å². The second-order valence-electron chi connectivity index (χ2n) is 4.58. The normalized spacial score (nSPS) is 12.2. The van der Waals surface area contributed by atoms with Crippen molar-refractivity contribution in [1.82, 2.24) is 5.32 Å². The number of hydrogen-bond donors (Lipinski definition) is 1. The molecule has 0 radical (unpaired) electrons. The molecule has 1 heterocycles. The van der Waals surface area contributed by atoms with Gasteiger partial charge >= 0.3 is 0 Å². The quantitative estimate of drug-likeness (QED) is 0.869. The molecule has 2 nitrogen and oxygen atoms in total. The molecule has 100 valence electrons. The van der Waals surface area contributed by atoms with Gasteiger partial charge in [-0.1, -0.05) is 12.1 Å². The highest BCUT2D eigenvalue weighted by Crippen LogP contribution is 2.24. The molecule has 0 saturated heterocycles. The first kappa shape index (κ1) is 14.3. The lowest BCUT2D eigenvalue weighted by Crippen LogP contribution is -2.26. The molecule has 1 amide bonds. The van der Waals surface area contributed by atoms with E-state index in [2.05, 4.69) is 40.3 Å². The van der Waals surface area contributed by atoms with Gasteiger partial charge in [-0.25, -0.2) is 0 Å². The van der Waals surface area contributed by atoms with E-state index in [9.17, 15) is 4.79 Å². The maximum Gasteiger partial charge on any atom is 0.252 e. The van der Waals surface area contributed by atoms with E-state index in [1.807, 2.05) is 32.0 Å². The molecular weight excluding hydrogens is 322 g/mol. The van der Waals surface area contributed by atoms with Crippen molar-refractivity contribution in [2.45, 2.75) is 26.8 Å². The summed E-state index contributed by atoms with van der Waals surface area (Å²) in [6.45, 7) is 6.06.